The summed E-state index contributed by atoms with van der Waals surface area (Å²) in [5.74, 6) is -0.244. The Balaban J connectivity index is 1.53. The van der Waals surface area contributed by atoms with E-state index in [2.05, 4.69) is 68.0 Å². The number of carbonyl (C=O) groups excluding carboxylic acids is 2. The minimum atomic E-state index is -0.571. The number of carbonyl (C=O) groups is 2. The standard InChI is InChI=1S/C31H45N5O2/c1-8-9-11-24(34-29(37)28-21(3)27-20(2)18-31(4,5)19-25(27)33-28)30(38)36-16-14-22-23(12-10-13-26(22)36)32-15-17-35(6)7/h10,12-13,24,32-33H,2,8-9,11,14-19H2,1,3-7H3,(H,34,37)/t24-/m0/s1. The number of rotatable bonds is 10. The third kappa shape index (κ3) is 5.83. The van der Waals surface area contributed by atoms with Crippen molar-refractivity contribution in [1.82, 2.24) is 15.2 Å². The predicted molar refractivity (Wildman–Crippen MR) is 157 cm³/mol. The molecule has 1 aliphatic heterocycles. The van der Waals surface area contributed by atoms with Gasteiger partial charge in [-0.1, -0.05) is 46.3 Å². The third-order valence-corrected chi connectivity index (χ3v) is 7.87. The number of aromatic nitrogens is 1. The van der Waals surface area contributed by atoms with Crippen molar-refractivity contribution < 1.29 is 9.59 Å². The highest BCUT2D eigenvalue weighted by Crippen LogP contribution is 2.42. The molecular formula is C31H45N5O2. The van der Waals surface area contributed by atoms with Crippen LogP contribution in [0.15, 0.2) is 24.8 Å². The first-order valence-corrected chi connectivity index (χ1v) is 14.0. The summed E-state index contributed by atoms with van der Waals surface area (Å²) in [5.41, 5.74) is 8.05. The fourth-order valence-electron chi connectivity index (χ4n) is 6.03. The number of aromatic amines is 1. The van der Waals surface area contributed by atoms with Gasteiger partial charge in [0.2, 0.25) is 5.91 Å². The summed E-state index contributed by atoms with van der Waals surface area (Å²) in [4.78, 5) is 34.8. The number of hydrogen-bond acceptors (Lipinski definition) is 4. The van der Waals surface area contributed by atoms with E-state index in [1.807, 2.05) is 24.0 Å². The van der Waals surface area contributed by atoms with Crippen molar-refractivity contribution in [2.45, 2.75) is 72.3 Å². The Morgan fingerprint density at radius 2 is 2.00 bits per heavy atom. The van der Waals surface area contributed by atoms with Crippen molar-refractivity contribution in [2.24, 2.45) is 5.41 Å². The first-order valence-electron chi connectivity index (χ1n) is 14.0. The summed E-state index contributed by atoms with van der Waals surface area (Å²) < 4.78 is 0. The SMILES string of the molecule is C=C1CC(C)(C)Cc2[nH]c(C(=O)N[C@@H](CCCC)C(=O)N3CCc4c(NCCN(C)C)cccc43)c(C)c21. The average Bonchev–Trinajstić information content (AvgIpc) is 3.42. The monoisotopic (exact) mass is 519 g/mol. The second-order valence-electron chi connectivity index (χ2n) is 12.0. The Morgan fingerprint density at radius 1 is 1.24 bits per heavy atom. The number of H-pyrrole nitrogens is 1. The van der Waals surface area contributed by atoms with E-state index in [4.69, 9.17) is 0 Å². The van der Waals surface area contributed by atoms with Crippen LogP contribution in [0.4, 0.5) is 11.4 Å². The van der Waals surface area contributed by atoms with Gasteiger partial charge in [-0.2, -0.15) is 0 Å². The maximum Gasteiger partial charge on any atom is 0.268 e. The minimum Gasteiger partial charge on any atom is -0.383 e. The van der Waals surface area contributed by atoms with Crippen LogP contribution in [-0.2, 0) is 17.6 Å². The van der Waals surface area contributed by atoms with Gasteiger partial charge < -0.3 is 25.4 Å². The van der Waals surface area contributed by atoms with Crippen molar-refractivity contribution in [3.8, 4) is 0 Å². The van der Waals surface area contributed by atoms with E-state index in [0.29, 0.717) is 18.7 Å². The largest absolute Gasteiger partial charge is 0.383 e. The van der Waals surface area contributed by atoms with Crippen LogP contribution in [-0.4, -0.2) is 61.5 Å². The van der Waals surface area contributed by atoms with Crippen molar-refractivity contribution in [2.75, 3.05) is 43.9 Å². The number of benzene rings is 1. The van der Waals surface area contributed by atoms with E-state index >= 15 is 0 Å². The molecule has 3 N–H and O–H groups in total. The smallest absolute Gasteiger partial charge is 0.268 e. The molecule has 2 amide bonds. The first-order chi connectivity index (χ1) is 18.0. The van der Waals surface area contributed by atoms with Gasteiger partial charge in [-0.05, 0) is 75.4 Å². The van der Waals surface area contributed by atoms with E-state index in [1.54, 1.807) is 0 Å². The number of nitrogens with one attached hydrogen (secondary N) is 3. The molecule has 38 heavy (non-hydrogen) atoms. The number of allylic oxidation sites excluding steroid dienone is 1. The Kier molecular flexibility index (Phi) is 8.36. The molecule has 0 fully saturated rings. The summed E-state index contributed by atoms with van der Waals surface area (Å²) in [6, 6.07) is 5.54. The molecule has 206 valence electrons. The summed E-state index contributed by atoms with van der Waals surface area (Å²) in [5, 5.41) is 6.64. The normalized spacial score (nSPS) is 16.8. The van der Waals surface area contributed by atoms with Crippen LogP contribution in [0.5, 0.6) is 0 Å². The average molecular weight is 520 g/mol. The molecule has 7 heteroatoms. The van der Waals surface area contributed by atoms with Gasteiger partial charge in [0.25, 0.3) is 5.91 Å². The summed E-state index contributed by atoms with van der Waals surface area (Å²) >= 11 is 0. The second kappa shape index (κ2) is 11.4. The van der Waals surface area contributed by atoms with E-state index in [-0.39, 0.29) is 17.2 Å². The Bertz CT molecular complexity index is 1210. The molecule has 2 heterocycles. The van der Waals surface area contributed by atoms with Gasteiger partial charge in [-0.25, -0.2) is 0 Å². The van der Waals surface area contributed by atoms with E-state index in [0.717, 1.165) is 79.0 Å². The highest BCUT2D eigenvalue weighted by atomic mass is 16.2. The van der Waals surface area contributed by atoms with Crippen LogP contribution in [0.1, 0.15) is 79.3 Å². The first kappa shape index (κ1) is 28.0. The number of amides is 2. The molecule has 0 bridgehead atoms. The van der Waals surface area contributed by atoms with Crippen molar-refractivity contribution >= 4 is 28.8 Å². The number of hydrogen-bond donors (Lipinski definition) is 3. The van der Waals surface area contributed by atoms with Crippen molar-refractivity contribution in [1.29, 1.82) is 0 Å². The topological polar surface area (TPSA) is 80.5 Å². The van der Waals surface area contributed by atoms with Gasteiger partial charge in [0.1, 0.15) is 11.7 Å². The lowest BCUT2D eigenvalue weighted by molar-refractivity contribution is -0.120. The van der Waals surface area contributed by atoms with Crippen LogP contribution in [0.3, 0.4) is 0 Å². The summed E-state index contributed by atoms with van der Waals surface area (Å²) in [7, 11) is 4.12. The van der Waals surface area contributed by atoms with Crippen molar-refractivity contribution in [3.63, 3.8) is 0 Å². The number of nitrogens with zero attached hydrogens (tertiary/aromatic N) is 2. The molecule has 0 unspecified atom stereocenters. The summed E-state index contributed by atoms with van der Waals surface area (Å²) in [6.45, 7) is 15.3. The maximum absolute atomic E-state index is 13.9. The zero-order valence-corrected chi connectivity index (χ0v) is 24.1. The molecule has 1 aliphatic carbocycles. The molecule has 0 spiro atoms. The Hall–Kier alpha value is -3.06. The van der Waals surface area contributed by atoms with Crippen molar-refractivity contribution in [3.05, 3.63) is 52.9 Å². The molecule has 0 saturated heterocycles. The molecule has 1 aromatic heterocycles. The number of anilines is 2. The van der Waals surface area contributed by atoms with Gasteiger partial charge in [0, 0.05) is 47.8 Å². The second-order valence-corrected chi connectivity index (χ2v) is 12.0. The van der Waals surface area contributed by atoms with Crippen LogP contribution >= 0.6 is 0 Å². The maximum atomic E-state index is 13.9. The number of likely N-dealkylation sites (N-methyl/N-ethyl adjacent to an activating group) is 1. The molecule has 0 radical (unpaired) electrons. The van der Waals surface area contributed by atoms with Gasteiger partial charge in [0.05, 0.1) is 0 Å². The van der Waals surface area contributed by atoms with Crippen LogP contribution in [0.25, 0.3) is 5.57 Å². The van der Waals surface area contributed by atoms with E-state index in [1.165, 1.54) is 5.56 Å². The quantitative estimate of drug-likeness (QED) is 0.405. The molecule has 2 aliphatic rings. The Morgan fingerprint density at radius 3 is 2.71 bits per heavy atom. The number of unbranched alkanes of at least 4 members (excludes halogenated alkanes) is 1. The van der Waals surface area contributed by atoms with E-state index in [9.17, 15) is 9.59 Å². The molecule has 0 saturated carbocycles. The molecule has 1 atom stereocenters. The molecule has 1 aromatic carbocycles. The molecule has 4 rings (SSSR count). The highest BCUT2D eigenvalue weighted by Gasteiger charge is 2.35. The predicted octanol–water partition coefficient (Wildman–Crippen LogP) is 5.16. The van der Waals surface area contributed by atoms with Crippen LogP contribution < -0.4 is 15.5 Å². The zero-order chi connectivity index (χ0) is 27.6. The van der Waals surface area contributed by atoms with Gasteiger partial charge in [-0.3, -0.25) is 9.59 Å². The number of fused-ring (bicyclic) bond motifs is 2. The third-order valence-electron chi connectivity index (χ3n) is 7.87. The van der Waals surface area contributed by atoms with Gasteiger partial charge in [0.15, 0.2) is 0 Å². The minimum absolute atomic E-state index is 0.0319. The molecule has 7 nitrogen and oxygen atoms in total. The zero-order valence-electron chi connectivity index (χ0n) is 24.1. The van der Waals surface area contributed by atoms with E-state index < -0.39 is 6.04 Å². The highest BCUT2D eigenvalue weighted by molar-refractivity contribution is 6.04. The lowest BCUT2D eigenvalue weighted by Gasteiger charge is -2.31. The molecular weight excluding hydrogens is 474 g/mol. The lowest BCUT2D eigenvalue weighted by Crippen LogP contribution is -2.48. The molecule has 2 aromatic rings. The summed E-state index contributed by atoms with van der Waals surface area (Å²) in [6.07, 6.45) is 5.05. The van der Waals surface area contributed by atoms with Crippen LogP contribution in [0, 0.1) is 12.3 Å². The fourth-order valence-corrected chi connectivity index (χ4v) is 6.03. The van der Waals surface area contributed by atoms with Gasteiger partial charge in [-0.15, -0.1) is 0 Å². The fraction of sp³-hybridized carbons (Fsp3) is 0.548. The van der Waals surface area contributed by atoms with Crippen LogP contribution in [0.2, 0.25) is 0 Å². The lowest BCUT2D eigenvalue weighted by atomic mass is 9.74. The van der Waals surface area contributed by atoms with Gasteiger partial charge >= 0.3 is 0 Å². The Labute approximate surface area is 228 Å².